The molecule has 0 aliphatic rings. The van der Waals surface area contributed by atoms with Gasteiger partial charge in [0.15, 0.2) is 17.1 Å². The van der Waals surface area contributed by atoms with E-state index in [0.29, 0.717) is 0 Å². The minimum absolute atomic E-state index is 0.0608. The minimum atomic E-state index is -1.04. The molecule has 0 aliphatic heterocycles. The second-order valence-electron chi connectivity index (χ2n) is 3.10. The molecule has 0 spiro atoms. The predicted molar refractivity (Wildman–Crippen MR) is 59.2 cm³/mol. The van der Waals surface area contributed by atoms with Crippen LogP contribution in [0.5, 0.6) is 17.2 Å². The van der Waals surface area contributed by atoms with Gasteiger partial charge in [-0.15, -0.1) is 0 Å². The number of esters is 1. The Morgan fingerprint density at radius 2 is 1.94 bits per heavy atom. The number of nitro benzene ring substituents is 1. The molecule has 0 saturated carbocycles. The van der Waals surface area contributed by atoms with Crippen LogP contribution in [0.25, 0.3) is 0 Å². The number of methoxy groups -OCH3 is 3. The van der Waals surface area contributed by atoms with Gasteiger partial charge in [0.05, 0.1) is 32.3 Å². The van der Waals surface area contributed by atoms with E-state index in [1.54, 1.807) is 0 Å². The van der Waals surface area contributed by atoms with E-state index in [-0.39, 0.29) is 11.5 Å². The fourth-order valence-corrected chi connectivity index (χ4v) is 1.41. The van der Waals surface area contributed by atoms with E-state index in [1.165, 1.54) is 14.2 Å². The molecular formula is C10H11NO7. The molecule has 0 amide bonds. The molecule has 18 heavy (non-hydrogen) atoms. The van der Waals surface area contributed by atoms with Crippen molar-refractivity contribution in [3.63, 3.8) is 0 Å². The zero-order chi connectivity index (χ0) is 13.9. The maximum atomic E-state index is 11.4. The highest BCUT2D eigenvalue weighted by Crippen LogP contribution is 2.44. The molecule has 1 N–H and O–H groups in total. The molecule has 1 aromatic carbocycles. The fraction of sp³-hybridized carbons (Fsp3) is 0.300. The second-order valence-corrected chi connectivity index (χ2v) is 3.10. The Bertz CT molecular complexity index is 497. The van der Waals surface area contributed by atoms with E-state index in [4.69, 9.17) is 9.47 Å². The third-order valence-electron chi connectivity index (χ3n) is 2.21. The predicted octanol–water partition coefficient (Wildman–Crippen LogP) is 1.10. The number of phenols is 1. The van der Waals surface area contributed by atoms with Gasteiger partial charge < -0.3 is 19.3 Å². The molecule has 8 nitrogen and oxygen atoms in total. The van der Waals surface area contributed by atoms with Crippen molar-refractivity contribution in [3.8, 4) is 17.2 Å². The SMILES string of the molecule is COC(=O)c1c([N+](=O)[O-])cc(OC)c(OC)c1O. The molecule has 98 valence electrons. The number of nitrogens with zero attached hydrogens (tertiary/aromatic N) is 1. The number of rotatable bonds is 4. The number of ether oxygens (including phenoxy) is 3. The lowest BCUT2D eigenvalue weighted by atomic mass is 10.1. The fourth-order valence-electron chi connectivity index (χ4n) is 1.41. The Balaban J connectivity index is 3.65. The molecule has 0 heterocycles. The molecule has 0 aliphatic carbocycles. The third kappa shape index (κ3) is 2.12. The number of carbonyl (C=O) groups is 1. The molecule has 0 saturated heterocycles. The molecule has 8 heteroatoms. The largest absolute Gasteiger partial charge is 0.503 e. The third-order valence-corrected chi connectivity index (χ3v) is 2.21. The lowest BCUT2D eigenvalue weighted by Crippen LogP contribution is -2.07. The maximum absolute atomic E-state index is 11.4. The highest BCUT2D eigenvalue weighted by atomic mass is 16.6. The first-order valence-corrected chi connectivity index (χ1v) is 4.68. The smallest absolute Gasteiger partial charge is 0.348 e. The summed E-state index contributed by atoms with van der Waals surface area (Å²) in [5, 5.41) is 20.7. The Morgan fingerprint density at radius 3 is 2.33 bits per heavy atom. The Hall–Kier alpha value is -2.51. The van der Waals surface area contributed by atoms with Crippen LogP contribution in [-0.4, -0.2) is 37.3 Å². The molecular weight excluding hydrogens is 246 g/mol. The van der Waals surface area contributed by atoms with Gasteiger partial charge in [-0.25, -0.2) is 4.79 Å². The van der Waals surface area contributed by atoms with Crippen LogP contribution in [0.4, 0.5) is 5.69 Å². The highest BCUT2D eigenvalue weighted by Gasteiger charge is 2.31. The van der Waals surface area contributed by atoms with Crippen LogP contribution < -0.4 is 9.47 Å². The van der Waals surface area contributed by atoms with Crippen LogP contribution in [0, 0.1) is 10.1 Å². The molecule has 1 rings (SSSR count). The van der Waals surface area contributed by atoms with Crippen molar-refractivity contribution in [2.24, 2.45) is 0 Å². The summed E-state index contributed by atoms with van der Waals surface area (Å²) in [6.45, 7) is 0. The number of aromatic hydroxyl groups is 1. The number of hydrogen-bond acceptors (Lipinski definition) is 7. The van der Waals surface area contributed by atoms with Gasteiger partial charge in [-0.05, 0) is 0 Å². The van der Waals surface area contributed by atoms with E-state index >= 15 is 0 Å². The lowest BCUT2D eigenvalue weighted by Gasteiger charge is -2.12. The summed E-state index contributed by atoms with van der Waals surface area (Å²) in [4.78, 5) is 21.5. The van der Waals surface area contributed by atoms with Crippen LogP contribution in [0.15, 0.2) is 6.07 Å². The van der Waals surface area contributed by atoms with E-state index < -0.39 is 27.9 Å². The standard InChI is InChI=1S/C10H11NO7/c1-16-6-4-5(11(14)15)7(10(13)18-3)8(12)9(6)17-2/h4,12H,1-3H3. The molecule has 0 aromatic heterocycles. The summed E-state index contributed by atoms with van der Waals surface area (Å²) >= 11 is 0. The summed E-state index contributed by atoms with van der Waals surface area (Å²) in [6, 6.07) is 0.977. The first-order chi connectivity index (χ1) is 8.47. The first-order valence-electron chi connectivity index (χ1n) is 4.68. The zero-order valence-electron chi connectivity index (χ0n) is 9.92. The van der Waals surface area contributed by atoms with Crippen molar-refractivity contribution in [1.82, 2.24) is 0 Å². The molecule has 0 bridgehead atoms. The highest BCUT2D eigenvalue weighted by molar-refractivity contribution is 5.98. The van der Waals surface area contributed by atoms with E-state index in [2.05, 4.69) is 4.74 Å². The van der Waals surface area contributed by atoms with Gasteiger partial charge in [0.1, 0.15) is 0 Å². The first kappa shape index (κ1) is 13.6. The van der Waals surface area contributed by atoms with Crippen molar-refractivity contribution in [2.75, 3.05) is 21.3 Å². The summed E-state index contributed by atoms with van der Waals surface area (Å²) in [5.74, 6) is -1.98. The number of nitro groups is 1. The molecule has 0 unspecified atom stereocenters. The van der Waals surface area contributed by atoms with Gasteiger partial charge in [-0.1, -0.05) is 0 Å². The zero-order valence-corrected chi connectivity index (χ0v) is 9.92. The van der Waals surface area contributed by atoms with E-state index in [0.717, 1.165) is 13.2 Å². The normalized spacial score (nSPS) is 9.72. The summed E-state index contributed by atoms with van der Waals surface area (Å²) in [6.07, 6.45) is 0. The average Bonchev–Trinajstić information content (AvgIpc) is 2.36. The number of phenolic OH excluding ortho intramolecular Hbond substituents is 1. The Labute approximate surface area is 102 Å². The molecule has 0 radical (unpaired) electrons. The quantitative estimate of drug-likeness (QED) is 0.488. The van der Waals surface area contributed by atoms with Gasteiger partial charge >= 0.3 is 5.97 Å². The van der Waals surface area contributed by atoms with Gasteiger partial charge in [-0.3, -0.25) is 10.1 Å². The van der Waals surface area contributed by atoms with Crippen molar-refractivity contribution in [1.29, 1.82) is 0 Å². The Kier molecular flexibility index (Phi) is 3.93. The van der Waals surface area contributed by atoms with E-state index in [1.807, 2.05) is 0 Å². The second kappa shape index (κ2) is 5.21. The maximum Gasteiger partial charge on any atom is 0.348 e. The van der Waals surface area contributed by atoms with Crippen LogP contribution in [0.2, 0.25) is 0 Å². The molecule has 1 aromatic rings. The summed E-state index contributed by atoms with van der Waals surface area (Å²) in [5.41, 5.74) is -1.21. The lowest BCUT2D eigenvalue weighted by molar-refractivity contribution is -0.385. The summed E-state index contributed by atoms with van der Waals surface area (Å²) < 4.78 is 14.0. The van der Waals surface area contributed by atoms with Crippen LogP contribution in [-0.2, 0) is 4.74 Å². The topological polar surface area (TPSA) is 108 Å². The Morgan fingerprint density at radius 1 is 1.33 bits per heavy atom. The van der Waals surface area contributed by atoms with Crippen LogP contribution in [0.3, 0.4) is 0 Å². The van der Waals surface area contributed by atoms with Gasteiger partial charge in [-0.2, -0.15) is 0 Å². The average molecular weight is 257 g/mol. The van der Waals surface area contributed by atoms with Crippen molar-refractivity contribution in [3.05, 3.63) is 21.7 Å². The van der Waals surface area contributed by atoms with Crippen LogP contribution >= 0.6 is 0 Å². The van der Waals surface area contributed by atoms with Crippen LogP contribution in [0.1, 0.15) is 10.4 Å². The number of hydrogen-bond donors (Lipinski definition) is 1. The van der Waals surface area contributed by atoms with Gasteiger partial charge in [0, 0.05) is 0 Å². The number of carbonyl (C=O) groups excluding carboxylic acids is 1. The van der Waals surface area contributed by atoms with Crippen molar-refractivity contribution >= 4 is 11.7 Å². The summed E-state index contributed by atoms with van der Waals surface area (Å²) in [7, 11) is 3.52. The van der Waals surface area contributed by atoms with Crippen molar-refractivity contribution in [2.45, 2.75) is 0 Å². The van der Waals surface area contributed by atoms with E-state index in [9.17, 15) is 20.0 Å². The minimum Gasteiger partial charge on any atom is -0.503 e. The van der Waals surface area contributed by atoms with Gasteiger partial charge in [0.2, 0.25) is 5.75 Å². The molecule has 0 fully saturated rings. The molecule has 0 atom stereocenters. The van der Waals surface area contributed by atoms with Gasteiger partial charge in [0.25, 0.3) is 5.69 Å². The number of benzene rings is 1. The van der Waals surface area contributed by atoms with Crippen molar-refractivity contribution < 1.29 is 29.0 Å². The monoisotopic (exact) mass is 257 g/mol.